The van der Waals surface area contributed by atoms with Gasteiger partial charge in [0.1, 0.15) is 23.0 Å². The molecular formula is C33H40O4. The lowest BCUT2D eigenvalue weighted by Gasteiger charge is -2.29. The molecule has 4 N–H and O–H groups in total. The first-order chi connectivity index (χ1) is 17.8. The highest BCUT2D eigenvalue weighted by molar-refractivity contribution is 5.58. The van der Waals surface area contributed by atoms with Crippen LogP contribution in [0.15, 0.2) is 42.5 Å². The molecule has 4 heteroatoms. The summed E-state index contributed by atoms with van der Waals surface area (Å²) in [4.78, 5) is 0. The number of hydrogen-bond donors (Lipinski definition) is 4. The van der Waals surface area contributed by atoms with Gasteiger partial charge in [0.05, 0.1) is 0 Å². The minimum atomic E-state index is -0.300. The molecule has 2 aliphatic rings. The van der Waals surface area contributed by atoms with E-state index in [1.807, 2.05) is 26.0 Å². The minimum absolute atomic E-state index is 0.0237. The molecule has 2 fully saturated rings. The van der Waals surface area contributed by atoms with Crippen LogP contribution in [0.4, 0.5) is 0 Å². The maximum atomic E-state index is 11.1. The Labute approximate surface area is 220 Å². The van der Waals surface area contributed by atoms with Gasteiger partial charge in [0.25, 0.3) is 0 Å². The van der Waals surface area contributed by atoms with Gasteiger partial charge >= 0.3 is 0 Å². The first-order valence-electron chi connectivity index (χ1n) is 14.0. The van der Waals surface area contributed by atoms with Gasteiger partial charge in [-0.25, -0.2) is 0 Å². The highest BCUT2D eigenvalue weighted by Gasteiger charge is 2.29. The van der Waals surface area contributed by atoms with Crippen molar-refractivity contribution in [2.45, 2.75) is 95.8 Å². The van der Waals surface area contributed by atoms with Crippen LogP contribution in [-0.4, -0.2) is 20.4 Å². The summed E-state index contributed by atoms with van der Waals surface area (Å²) in [7, 11) is 0. The number of hydrogen-bond acceptors (Lipinski definition) is 4. The first kappa shape index (κ1) is 25.5. The maximum absolute atomic E-state index is 11.1. The van der Waals surface area contributed by atoms with E-state index in [-0.39, 0.29) is 17.4 Å². The Kier molecular flexibility index (Phi) is 7.37. The summed E-state index contributed by atoms with van der Waals surface area (Å²) in [5.74, 6) is 1.14. The predicted octanol–water partition coefficient (Wildman–Crippen LogP) is 8.40. The van der Waals surface area contributed by atoms with E-state index in [1.165, 1.54) is 44.6 Å². The average Bonchev–Trinajstić information content (AvgIpc) is 2.88. The van der Waals surface area contributed by atoms with E-state index in [0.717, 1.165) is 59.1 Å². The summed E-state index contributed by atoms with van der Waals surface area (Å²) in [6.45, 7) is 4.03. The lowest BCUT2D eigenvalue weighted by atomic mass is 9.75. The van der Waals surface area contributed by atoms with Crippen LogP contribution >= 0.6 is 0 Å². The number of rotatable bonds is 5. The second-order valence-electron chi connectivity index (χ2n) is 11.4. The third kappa shape index (κ3) is 5.16. The smallest absolute Gasteiger partial charge is 0.123 e. The Hall–Kier alpha value is -3.14. The minimum Gasteiger partial charge on any atom is -0.508 e. The molecule has 0 bridgehead atoms. The molecule has 5 rings (SSSR count). The number of aryl methyl sites for hydroxylation is 2. The molecule has 3 aromatic carbocycles. The van der Waals surface area contributed by atoms with Gasteiger partial charge in [-0.15, -0.1) is 0 Å². The summed E-state index contributed by atoms with van der Waals surface area (Å²) < 4.78 is 0. The fourth-order valence-corrected chi connectivity index (χ4v) is 6.84. The number of phenols is 4. The molecule has 37 heavy (non-hydrogen) atoms. The molecule has 0 aromatic heterocycles. The van der Waals surface area contributed by atoms with E-state index in [0.29, 0.717) is 28.9 Å². The molecule has 2 aliphatic carbocycles. The average molecular weight is 501 g/mol. The van der Waals surface area contributed by atoms with E-state index in [2.05, 4.69) is 12.1 Å². The van der Waals surface area contributed by atoms with E-state index < -0.39 is 0 Å². The van der Waals surface area contributed by atoms with E-state index in [1.54, 1.807) is 12.1 Å². The topological polar surface area (TPSA) is 80.9 Å². The Morgan fingerprint density at radius 2 is 1.00 bits per heavy atom. The van der Waals surface area contributed by atoms with Crippen molar-refractivity contribution < 1.29 is 20.4 Å². The Morgan fingerprint density at radius 1 is 0.541 bits per heavy atom. The van der Waals surface area contributed by atoms with Crippen LogP contribution in [0.5, 0.6) is 23.0 Å². The lowest BCUT2D eigenvalue weighted by Crippen LogP contribution is -2.12. The molecule has 0 aliphatic heterocycles. The summed E-state index contributed by atoms with van der Waals surface area (Å²) >= 11 is 0. The van der Waals surface area contributed by atoms with Crippen molar-refractivity contribution in [1.82, 2.24) is 0 Å². The fraction of sp³-hybridized carbons (Fsp3) is 0.455. The molecule has 2 saturated carbocycles. The van der Waals surface area contributed by atoms with Crippen LogP contribution in [0.3, 0.4) is 0 Å². The molecule has 196 valence electrons. The summed E-state index contributed by atoms with van der Waals surface area (Å²) in [6, 6.07) is 12.9. The lowest BCUT2D eigenvalue weighted by molar-refractivity contribution is 0.413. The van der Waals surface area contributed by atoms with Crippen molar-refractivity contribution in [3.63, 3.8) is 0 Å². The monoisotopic (exact) mass is 500 g/mol. The van der Waals surface area contributed by atoms with Crippen LogP contribution in [0.2, 0.25) is 0 Å². The number of aromatic hydroxyl groups is 4. The molecule has 0 heterocycles. The predicted molar refractivity (Wildman–Crippen MR) is 148 cm³/mol. The second kappa shape index (κ2) is 10.7. The molecular weight excluding hydrogens is 460 g/mol. The number of phenolic OH excluding ortho intramolecular Hbond substituents is 4. The largest absolute Gasteiger partial charge is 0.508 e. The van der Waals surface area contributed by atoms with Crippen molar-refractivity contribution in [2.24, 2.45) is 0 Å². The van der Waals surface area contributed by atoms with Gasteiger partial charge in [0.2, 0.25) is 0 Å². The molecule has 0 spiro atoms. The van der Waals surface area contributed by atoms with Gasteiger partial charge in [-0.1, -0.05) is 56.7 Å². The molecule has 0 atom stereocenters. The van der Waals surface area contributed by atoms with Crippen LogP contribution in [0.1, 0.15) is 121 Å². The van der Waals surface area contributed by atoms with Gasteiger partial charge in [-0.3, -0.25) is 0 Å². The second-order valence-corrected chi connectivity index (χ2v) is 11.4. The molecule has 4 nitrogen and oxygen atoms in total. The van der Waals surface area contributed by atoms with Gasteiger partial charge in [-0.2, -0.15) is 0 Å². The fourth-order valence-electron chi connectivity index (χ4n) is 6.84. The summed E-state index contributed by atoms with van der Waals surface area (Å²) in [5, 5.41) is 43.0. The first-order valence-corrected chi connectivity index (χ1v) is 14.0. The standard InChI is InChI=1S/C33H40O4/c1-20-15-30(35)28(22-9-5-3-6-10-22)18-26(20)33(25-14-13-24(34)17-32(25)37)27-19-29(31(36)16-21(27)2)23-11-7-4-8-12-23/h13-19,22-23,33-37H,3-12H2,1-2H3. The van der Waals surface area contributed by atoms with Gasteiger partial charge < -0.3 is 20.4 Å². The van der Waals surface area contributed by atoms with Crippen LogP contribution < -0.4 is 0 Å². The van der Waals surface area contributed by atoms with Crippen molar-refractivity contribution in [3.8, 4) is 23.0 Å². The van der Waals surface area contributed by atoms with E-state index in [4.69, 9.17) is 0 Å². The molecule has 0 saturated heterocycles. The zero-order chi connectivity index (χ0) is 26.1. The Bertz CT molecular complexity index is 1190. The Morgan fingerprint density at radius 3 is 1.43 bits per heavy atom. The van der Waals surface area contributed by atoms with Crippen molar-refractivity contribution in [2.75, 3.05) is 0 Å². The van der Waals surface area contributed by atoms with Gasteiger partial charge in [0.15, 0.2) is 0 Å². The maximum Gasteiger partial charge on any atom is 0.123 e. The van der Waals surface area contributed by atoms with Crippen LogP contribution in [-0.2, 0) is 0 Å². The zero-order valence-corrected chi connectivity index (χ0v) is 22.1. The highest BCUT2D eigenvalue weighted by atomic mass is 16.3. The highest BCUT2D eigenvalue weighted by Crippen LogP contribution is 2.47. The quantitative estimate of drug-likeness (QED) is 0.265. The third-order valence-corrected chi connectivity index (χ3v) is 8.87. The zero-order valence-electron chi connectivity index (χ0n) is 22.1. The molecule has 0 unspecified atom stereocenters. The van der Waals surface area contributed by atoms with Crippen LogP contribution in [0.25, 0.3) is 0 Å². The van der Waals surface area contributed by atoms with E-state index in [9.17, 15) is 20.4 Å². The SMILES string of the molecule is Cc1cc(O)c(C2CCCCC2)cc1C(c1cc(C2CCCCC2)c(O)cc1C)c1ccc(O)cc1O. The summed E-state index contributed by atoms with van der Waals surface area (Å²) in [6.07, 6.45) is 11.5. The summed E-state index contributed by atoms with van der Waals surface area (Å²) in [5.41, 5.74) is 6.71. The molecule has 0 radical (unpaired) electrons. The third-order valence-electron chi connectivity index (χ3n) is 8.87. The van der Waals surface area contributed by atoms with Crippen molar-refractivity contribution in [3.05, 3.63) is 81.4 Å². The Balaban J connectivity index is 1.71. The molecule has 3 aromatic rings. The van der Waals surface area contributed by atoms with Gasteiger partial charge in [-0.05, 0) is 103 Å². The van der Waals surface area contributed by atoms with Gasteiger partial charge in [0, 0.05) is 17.5 Å². The van der Waals surface area contributed by atoms with Crippen molar-refractivity contribution >= 4 is 0 Å². The normalized spacial score (nSPS) is 17.4. The number of benzene rings is 3. The van der Waals surface area contributed by atoms with E-state index >= 15 is 0 Å². The van der Waals surface area contributed by atoms with Crippen LogP contribution in [0, 0.1) is 13.8 Å². The molecule has 0 amide bonds. The van der Waals surface area contributed by atoms with Crippen molar-refractivity contribution in [1.29, 1.82) is 0 Å².